The van der Waals surface area contributed by atoms with Crippen LogP contribution in [0.2, 0.25) is 0 Å². The zero-order valence-corrected chi connectivity index (χ0v) is 14.0. The predicted molar refractivity (Wildman–Crippen MR) is 95.9 cm³/mol. The summed E-state index contributed by atoms with van der Waals surface area (Å²) in [4.78, 5) is 30.1. The Labute approximate surface area is 156 Å². The van der Waals surface area contributed by atoms with E-state index in [1.54, 1.807) is 30.3 Å². The van der Waals surface area contributed by atoms with Gasteiger partial charge in [0.2, 0.25) is 11.6 Å². The van der Waals surface area contributed by atoms with Gasteiger partial charge in [-0.1, -0.05) is 18.2 Å². The minimum atomic E-state index is -0.832. The maximum atomic E-state index is 13.8. The van der Waals surface area contributed by atoms with Crippen LogP contribution in [0.15, 0.2) is 54.9 Å². The number of nitro groups is 1. The van der Waals surface area contributed by atoms with Crippen LogP contribution in [0.4, 0.5) is 31.8 Å². The molecule has 28 heavy (non-hydrogen) atoms. The Morgan fingerprint density at radius 1 is 1.04 bits per heavy atom. The van der Waals surface area contributed by atoms with Crippen molar-refractivity contribution < 1.29 is 18.5 Å². The molecule has 0 aliphatic rings. The Morgan fingerprint density at radius 2 is 1.75 bits per heavy atom. The van der Waals surface area contributed by atoms with Crippen molar-refractivity contribution in [2.24, 2.45) is 0 Å². The van der Waals surface area contributed by atoms with Crippen LogP contribution >= 0.6 is 0 Å². The first-order valence-corrected chi connectivity index (χ1v) is 7.78. The molecule has 0 spiro atoms. The summed E-state index contributed by atoms with van der Waals surface area (Å²) >= 11 is 0. The van der Waals surface area contributed by atoms with Crippen LogP contribution < -0.4 is 16.2 Å². The van der Waals surface area contributed by atoms with E-state index in [-0.39, 0.29) is 17.3 Å². The second-order valence-corrected chi connectivity index (χ2v) is 5.37. The summed E-state index contributed by atoms with van der Waals surface area (Å²) in [6.45, 7) is 0. The van der Waals surface area contributed by atoms with Crippen LogP contribution in [0.1, 0.15) is 10.4 Å². The highest BCUT2D eigenvalue weighted by molar-refractivity contribution is 5.95. The number of hydrogen-bond acceptors (Lipinski definition) is 7. The third-order valence-corrected chi connectivity index (χ3v) is 3.52. The number of nitrogens with zero attached hydrogens (tertiary/aromatic N) is 3. The molecule has 3 aromatic rings. The molecular weight excluding hydrogens is 374 g/mol. The lowest BCUT2D eigenvalue weighted by Crippen LogP contribution is -2.30. The van der Waals surface area contributed by atoms with E-state index >= 15 is 0 Å². The van der Waals surface area contributed by atoms with Gasteiger partial charge in [-0.05, 0) is 24.3 Å². The number of hydrazine groups is 1. The Hall–Kier alpha value is -4.15. The molecule has 0 saturated heterocycles. The number of amides is 1. The van der Waals surface area contributed by atoms with Crippen molar-refractivity contribution in [3.63, 3.8) is 0 Å². The van der Waals surface area contributed by atoms with Crippen molar-refractivity contribution in [3.05, 3.63) is 82.2 Å². The highest BCUT2D eigenvalue weighted by Gasteiger charge is 2.24. The van der Waals surface area contributed by atoms with Crippen molar-refractivity contribution in [1.82, 2.24) is 15.4 Å². The van der Waals surface area contributed by atoms with Gasteiger partial charge in [0.1, 0.15) is 18.0 Å². The molecule has 0 unspecified atom stereocenters. The molecule has 9 nitrogen and oxygen atoms in total. The second-order valence-electron chi connectivity index (χ2n) is 5.37. The Kier molecular flexibility index (Phi) is 5.35. The zero-order valence-electron chi connectivity index (χ0n) is 14.0. The van der Waals surface area contributed by atoms with Gasteiger partial charge >= 0.3 is 5.69 Å². The maximum Gasteiger partial charge on any atom is 0.355 e. The Morgan fingerprint density at radius 3 is 2.46 bits per heavy atom. The molecule has 142 valence electrons. The molecule has 2 aromatic carbocycles. The van der Waals surface area contributed by atoms with E-state index in [2.05, 4.69) is 26.1 Å². The number of benzene rings is 2. The molecule has 0 radical (unpaired) electrons. The average Bonchev–Trinajstić information content (AvgIpc) is 2.69. The number of hydrogen-bond donors (Lipinski definition) is 3. The first-order valence-electron chi connectivity index (χ1n) is 7.78. The van der Waals surface area contributed by atoms with Crippen molar-refractivity contribution in [2.45, 2.75) is 0 Å². The molecule has 0 aliphatic heterocycles. The maximum absolute atomic E-state index is 13.8. The van der Waals surface area contributed by atoms with E-state index in [1.807, 2.05) is 0 Å². The summed E-state index contributed by atoms with van der Waals surface area (Å²) < 4.78 is 27.1. The fourth-order valence-electron chi connectivity index (χ4n) is 2.23. The molecular formula is C17H12F2N6O3. The van der Waals surface area contributed by atoms with Crippen LogP contribution in [-0.2, 0) is 0 Å². The van der Waals surface area contributed by atoms with Crippen LogP contribution in [0, 0.1) is 21.7 Å². The SMILES string of the molecule is O=C(NNc1ncnc(Nc2cc(F)ccc2F)c1[N+](=O)[O-])c1ccccc1. The van der Waals surface area contributed by atoms with E-state index in [0.29, 0.717) is 5.56 Å². The van der Waals surface area contributed by atoms with Gasteiger partial charge in [-0.25, -0.2) is 18.7 Å². The molecule has 3 rings (SSSR count). The van der Waals surface area contributed by atoms with Gasteiger partial charge in [-0.15, -0.1) is 0 Å². The Bertz CT molecular complexity index is 1030. The summed E-state index contributed by atoms with van der Waals surface area (Å²) in [5, 5.41) is 13.8. The van der Waals surface area contributed by atoms with E-state index in [4.69, 9.17) is 0 Å². The number of rotatable bonds is 6. The molecule has 0 saturated carbocycles. The van der Waals surface area contributed by atoms with E-state index in [0.717, 1.165) is 24.5 Å². The van der Waals surface area contributed by atoms with Crippen LogP contribution in [0.3, 0.4) is 0 Å². The highest BCUT2D eigenvalue weighted by atomic mass is 19.1. The van der Waals surface area contributed by atoms with E-state index in [1.165, 1.54) is 0 Å². The first kappa shape index (κ1) is 18.6. The standard InChI is InChI=1S/C17H12F2N6O3/c18-11-6-7-12(19)13(8-11)22-15-14(25(27)28)16(21-9-20-15)23-24-17(26)10-4-2-1-3-5-10/h1-9H,(H,24,26)(H2,20,21,22,23). The number of carbonyl (C=O) groups is 1. The predicted octanol–water partition coefficient (Wildman–Crippen LogP) is 3.16. The number of aromatic nitrogens is 2. The summed E-state index contributed by atoms with van der Waals surface area (Å²) in [6, 6.07) is 10.7. The van der Waals surface area contributed by atoms with Crippen LogP contribution in [-0.4, -0.2) is 20.8 Å². The van der Waals surface area contributed by atoms with Gasteiger partial charge in [0.15, 0.2) is 0 Å². The molecule has 0 atom stereocenters. The average molecular weight is 386 g/mol. The molecule has 0 aliphatic carbocycles. The van der Waals surface area contributed by atoms with Gasteiger partial charge in [0.25, 0.3) is 5.91 Å². The minimum Gasteiger partial charge on any atom is -0.332 e. The smallest absolute Gasteiger partial charge is 0.332 e. The fraction of sp³-hybridized carbons (Fsp3) is 0. The van der Waals surface area contributed by atoms with Crippen molar-refractivity contribution >= 4 is 28.9 Å². The summed E-state index contributed by atoms with van der Waals surface area (Å²) in [6.07, 6.45) is 0.962. The lowest BCUT2D eigenvalue weighted by atomic mass is 10.2. The van der Waals surface area contributed by atoms with Gasteiger partial charge in [-0.2, -0.15) is 0 Å². The Balaban J connectivity index is 1.86. The molecule has 1 heterocycles. The van der Waals surface area contributed by atoms with Crippen LogP contribution in [0.5, 0.6) is 0 Å². The first-order chi connectivity index (χ1) is 13.5. The topological polar surface area (TPSA) is 122 Å². The largest absolute Gasteiger partial charge is 0.355 e. The molecule has 1 amide bonds. The summed E-state index contributed by atoms with van der Waals surface area (Å²) in [7, 11) is 0. The quantitative estimate of drug-likeness (QED) is 0.439. The molecule has 0 fully saturated rings. The number of anilines is 3. The van der Waals surface area contributed by atoms with Crippen LogP contribution in [0.25, 0.3) is 0 Å². The van der Waals surface area contributed by atoms with E-state index in [9.17, 15) is 23.7 Å². The lowest BCUT2D eigenvalue weighted by molar-refractivity contribution is -0.383. The monoisotopic (exact) mass is 386 g/mol. The van der Waals surface area contributed by atoms with Crippen molar-refractivity contribution in [1.29, 1.82) is 0 Å². The van der Waals surface area contributed by atoms with Gasteiger partial charge in [0, 0.05) is 11.6 Å². The second kappa shape index (κ2) is 8.03. The number of carbonyl (C=O) groups excluding carboxylic acids is 1. The molecule has 0 bridgehead atoms. The number of halogens is 2. The summed E-state index contributed by atoms with van der Waals surface area (Å²) in [5.41, 5.74) is 3.92. The third-order valence-electron chi connectivity index (χ3n) is 3.52. The van der Waals surface area contributed by atoms with Gasteiger partial charge in [-0.3, -0.25) is 25.8 Å². The third kappa shape index (κ3) is 4.15. The van der Waals surface area contributed by atoms with Crippen molar-refractivity contribution in [3.8, 4) is 0 Å². The number of nitrogens with one attached hydrogen (secondary N) is 3. The fourth-order valence-corrected chi connectivity index (χ4v) is 2.23. The normalized spacial score (nSPS) is 10.2. The van der Waals surface area contributed by atoms with Gasteiger partial charge < -0.3 is 5.32 Å². The minimum absolute atomic E-state index is 0.312. The molecule has 11 heteroatoms. The highest BCUT2D eigenvalue weighted by Crippen LogP contribution is 2.31. The zero-order chi connectivity index (χ0) is 20.1. The van der Waals surface area contributed by atoms with E-state index < -0.39 is 28.2 Å². The molecule has 3 N–H and O–H groups in total. The van der Waals surface area contributed by atoms with Gasteiger partial charge in [0.05, 0.1) is 10.6 Å². The summed E-state index contributed by atoms with van der Waals surface area (Å²) in [5.74, 6) is -2.86. The molecule has 1 aromatic heterocycles. The lowest BCUT2D eigenvalue weighted by Gasteiger charge is -2.11. The van der Waals surface area contributed by atoms with Crippen molar-refractivity contribution in [2.75, 3.05) is 10.7 Å².